The van der Waals surface area contributed by atoms with Gasteiger partial charge in [0.1, 0.15) is 11.9 Å². The summed E-state index contributed by atoms with van der Waals surface area (Å²) < 4.78 is 20.7. The molecule has 0 radical (unpaired) electrons. The summed E-state index contributed by atoms with van der Waals surface area (Å²) in [6, 6.07) is 8.25. The molecule has 1 atom stereocenters. The fraction of sp³-hybridized carbons (Fsp3) is 0.429. The number of thiophene rings is 1. The second kappa shape index (κ2) is 8.91. The average Bonchev–Trinajstić information content (AvgIpc) is 3.32. The molecule has 2 aromatic rings. The molecule has 1 aromatic heterocycles. The Hall–Kier alpha value is -2.16. The van der Waals surface area contributed by atoms with Gasteiger partial charge < -0.3 is 14.5 Å². The number of likely N-dealkylation sites (N-methyl/N-ethyl adjacent to an activating group) is 1. The number of hydrogen-bond donors (Lipinski definition) is 0. The normalized spacial score (nSPS) is 20.0. The molecular formula is C21H23ClFN3O3S. The van der Waals surface area contributed by atoms with E-state index in [2.05, 4.69) is 11.9 Å². The van der Waals surface area contributed by atoms with Crippen LogP contribution in [0.25, 0.3) is 0 Å². The molecule has 3 heterocycles. The van der Waals surface area contributed by atoms with Gasteiger partial charge in [0.2, 0.25) is 0 Å². The van der Waals surface area contributed by atoms with E-state index in [1.54, 1.807) is 24.3 Å². The van der Waals surface area contributed by atoms with E-state index < -0.39 is 12.2 Å². The number of carbonyl (C=O) groups is 2. The topological polar surface area (TPSA) is 53.1 Å². The summed E-state index contributed by atoms with van der Waals surface area (Å²) in [7, 11) is 2.05. The number of halogens is 2. The van der Waals surface area contributed by atoms with E-state index in [0.29, 0.717) is 33.6 Å². The van der Waals surface area contributed by atoms with Crippen LogP contribution in [-0.4, -0.2) is 62.7 Å². The Labute approximate surface area is 183 Å². The van der Waals surface area contributed by atoms with Gasteiger partial charge in [-0.3, -0.25) is 9.69 Å². The number of ketones is 1. The van der Waals surface area contributed by atoms with Gasteiger partial charge in [0.05, 0.1) is 27.1 Å². The van der Waals surface area contributed by atoms with Crippen LogP contribution in [0.3, 0.4) is 0 Å². The molecule has 1 aromatic carbocycles. The van der Waals surface area contributed by atoms with Crippen LogP contribution in [-0.2, 0) is 4.74 Å². The molecule has 0 N–H and O–H groups in total. The van der Waals surface area contributed by atoms with Crippen LogP contribution in [0.5, 0.6) is 0 Å². The molecule has 2 aliphatic heterocycles. The smallest absolute Gasteiger partial charge is 0.414 e. The number of Topliss-reactive ketones (excluding diaryl/α,β-unsaturated/α-hetero) is 1. The summed E-state index contributed by atoms with van der Waals surface area (Å²) in [4.78, 5) is 30.8. The molecule has 2 aliphatic rings. The Balaban J connectivity index is 1.37. The first-order valence-corrected chi connectivity index (χ1v) is 11.1. The minimum Gasteiger partial charge on any atom is -0.444 e. The van der Waals surface area contributed by atoms with Gasteiger partial charge in [-0.25, -0.2) is 9.18 Å². The Bertz CT molecular complexity index is 945. The molecule has 0 aliphatic carbocycles. The van der Waals surface area contributed by atoms with E-state index in [1.165, 1.54) is 22.3 Å². The Morgan fingerprint density at radius 2 is 2.00 bits per heavy atom. The van der Waals surface area contributed by atoms with Crippen LogP contribution in [0.2, 0.25) is 4.34 Å². The standard InChI is InChI=1S/C21H23ClFN3O3S/c1-24-8-10-25(11-9-24)17-4-2-14(12-16(17)23)26-13-15(29-21(26)28)3-5-18(27)19-6-7-20(22)30-19/h2,4,6-7,12,15H,3,5,8-11,13H2,1H3/t15-/m0/s1. The van der Waals surface area contributed by atoms with E-state index in [9.17, 15) is 14.0 Å². The van der Waals surface area contributed by atoms with Gasteiger partial charge in [-0.1, -0.05) is 11.6 Å². The minimum absolute atomic E-state index is 0.0241. The molecule has 0 unspecified atom stereocenters. The Morgan fingerprint density at radius 3 is 2.67 bits per heavy atom. The van der Waals surface area contributed by atoms with Crippen molar-refractivity contribution in [3.05, 3.63) is 45.4 Å². The van der Waals surface area contributed by atoms with Gasteiger partial charge in [-0.15, -0.1) is 11.3 Å². The first kappa shape index (κ1) is 21.1. The number of carbonyl (C=O) groups excluding carboxylic acids is 2. The van der Waals surface area contributed by atoms with Gasteiger partial charge in [0.25, 0.3) is 0 Å². The molecule has 0 spiro atoms. The van der Waals surface area contributed by atoms with Crippen LogP contribution in [0.4, 0.5) is 20.6 Å². The van der Waals surface area contributed by atoms with Crippen molar-refractivity contribution in [2.45, 2.75) is 18.9 Å². The maximum Gasteiger partial charge on any atom is 0.414 e. The number of benzene rings is 1. The third-order valence-corrected chi connectivity index (χ3v) is 6.77. The molecule has 1 amide bonds. The van der Waals surface area contributed by atoms with Crippen LogP contribution in [0.1, 0.15) is 22.5 Å². The first-order valence-electron chi connectivity index (χ1n) is 9.90. The largest absolute Gasteiger partial charge is 0.444 e. The third-order valence-electron chi connectivity index (χ3n) is 5.50. The predicted molar refractivity (Wildman–Crippen MR) is 117 cm³/mol. The van der Waals surface area contributed by atoms with Gasteiger partial charge in [-0.2, -0.15) is 0 Å². The third kappa shape index (κ3) is 4.61. The monoisotopic (exact) mass is 451 g/mol. The lowest BCUT2D eigenvalue weighted by Gasteiger charge is -2.34. The lowest BCUT2D eigenvalue weighted by molar-refractivity contribution is 0.0943. The summed E-state index contributed by atoms with van der Waals surface area (Å²) >= 11 is 7.11. The van der Waals surface area contributed by atoms with Gasteiger partial charge in [-0.05, 0) is 43.8 Å². The lowest BCUT2D eigenvalue weighted by Crippen LogP contribution is -2.44. The summed E-state index contributed by atoms with van der Waals surface area (Å²) in [5.74, 6) is -0.373. The van der Waals surface area contributed by atoms with Crippen LogP contribution < -0.4 is 9.80 Å². The van der Waals surface area contributed by atoms with Crippen molar-refractivity contribution in [2.75, 3.05) is 49.6 Å². The first-order chi connectivity index (χ1) is 14.4. The van der Waals surface area contributed by atoms with E-state index in [1.807, 2.05) is 4.90 Å². The molecule has 0 bridgehead atoms. The lowest BCUT2D eigenvalue weighted by atomic mass is 10.1. The second-order valence-corrected chi connectivity index (χ2v) is 9.32. The van der Waals surface area contributed by atoms with Crippen LogP contribution in [0.15, 0.2) is 30.3 Å². The van der Waals surface area contributed by atoms with E-state index in [-0.39, 0.29) is 18.0 Å². The number of cyclic esters (lactones) is 1. The number of hydrogen-bond acceptors (Lipinski definition) is 6. The molecule has 4 rings (SSSR count). The number of ether oxygens (including phenoxy) is 1. The zero-order valence-corrected chi connectivity index (χ0v) is 18.2. The van der Waals surface area contributed by atoms with E-state index >= 15 is 0 Å². The minimum atomic E-state index is -0.515. The van der Waals surface area contributed by atoms with E-state index in [4.69, 9.17) is 16.3 Å². The Morgan fingerprint density at radius 1 is 1.23 bits per heavy atom. The Kier molecular flexibility index (Phi) is 6.26. The van der Waals surface area contributed by atoms with Gasteiger partial charge in [0, 0.05) is 32.6 Å². The van der Waals surface area contributed by atoms with Crippen molar-refractivity contribution in [1.29, 1.82) is 0 Å². The van der Waals surface area contributed by atoms with Gasteiger partial charge in [0.15, 0.2) is 5.78 Å². The molecule has 2 saturated heterocycles. The number of piperazine rings is 1. The molecule has 6 nitrogen and oxygen atoms in total. The molecule has 2 fully saturated rings. The highest BCUT2D eigenvalue weighted by Crippen LogP contribution is 2.30. The van der Waals surface area contributed by atoms with Crippen molar-refractivity contribution in [3.63, 3.8) is 0 Å². The van der Waals surface area contributed by atoms with Crippen molar-refractivity contribution >= 4 is 46.2 Å². The summed E-state index contributed by atoms with van der Waals surface area (Å²) in [6.45, 7) is 3.61. The number of amides is 1. The van der Waals surface area contributed by atoms with Crippen LogP contribution in [0, 0.1) is 5.82 Å². The molecule has 30 heavy (non-hydrogen) atoms. The quantitative estimate of drug-likeness (QED) is 0.613. The molecule has 160 valence electrons. The fourth-order valence-corrected chi connectivity index (χ4v) is 4.74. The summed E-state index contributed by atoms with van der Waals surface area (Å²) in [6.07, 6.45) is -0.242. The number of rotatable bonds is 6. The van der Waals surface area contributed by atoms with Crippen molar-refractivity contribution < 1.29 is 18.7 Å². The van der Waals surface area contributed by atoms with Crippen molar-refractivity contribution in [2.24, 2.45) is 0 Å². The SMILES string of the molecule is CN1CCN(c2ccc(N3C[C@H](CCC(=O)c4ccc(Cl)s4)OC3=O)cc2F)CC1. The highest BCUT2D eigenvalue weighted by Gasteiger charge is 2.33. The zero-order chi connectivity index (χ0) is 21.3. The summed E-state index contributed by atoms with van der Waals surface area (Å²) in [5.41, 5.74) is 1.02. The van der Waals surface area contributed by atoms with Crippen LogP contribution >= 0.6 is 22.9 Å². The fourth-order valence-electron chi connectivity index (χ4n) is 3.73. The van der Waals surface area contributed by atoms with E-state index in [0.717, 1.165) is 26.2 Å². The zero-order valence-electron chi connectivity index (χ0n) is 16.6. The summed E-state index contributed by atoms with van der Waals surface area (Å²) in [5, 5.41) is 0. The second-order valence-electron chi connectivity index (χ2n) is 7.61. The highest BCUT2D eigenvalue weighted by molar-refractivity contribution is 7.18. The predicted octanol–water partition coefficient (Wildman–Crippen LogP) is 4.28. The maximum absolute atomic E-state index is 14.8. The van der Waals surface area contributed by atoms with Crippen molar-refractivity contribution in [3.8, 4) is 0 Å². The number of nitrogens with zero attached hydrogens (tertiary/aromatic N) is 3. The van der Waals surface area contributed by atoms with Crippen molar-refractivity contribution in [1.82, 2.24) is 4.90 Å². The maximum atomic E-state index is 14.8. The average molecular weight is 452 g/mol. The van der Waals surface area contributed by atoms with Gasteiger partial charge >= 0.3 is 6.09 Å². The highest BCUT2D eigenvalue weighted by atomic mass is 35.5. The molecule has 0 saturated carbocycles. The molecular weight excluding hydrogens is 429 g/mol. The number of anilines is 2. The molecule has 9 heteroatoms.